The highest BCUT2D eigenvalue weighted by Gasteiger charge is 2.07. The molecular weight excluding hydrogens is 218 g/mol. The molecule has 5 heteroatoms. The largest absolute Gasteiger partial charge is 0.421 e. The van der Waals surface area contributed by atoms with Crippen molar-refractivity contribution in [2.75, 3.05) is 0 Å². The molecule has 17 heavy (non-hydrogen) atoms. The highest BCUT2D eigenvalue weighted by molar-refractivity contribution is 5.27. The minimum atomic E-state index is -0.0237. The van der Waals surface area contributed by atoms with Gasteiger partial charge in [0, 0.05) is 24.9 Å². The highest BCUT2D eigenvalue weighted by Crippen LogP contribution is 2.21. The second-order valence-corrected chi connectivity index (χ2v) is 3.96. The van der Waals surface area contributed by atoms with Crippen LogP contribution in [0.3, 0.4) is 0 Å². The molecule has 0 fully saturated rings. The van der Waals surface area contributed by atoms with E-state index in [0.717, 1.165) is 17.0 Å². The van der Waals surface area contributed by atoms with Crippen LogP contribution in [-0.4, -0.2) is 19.9 Å². The molecule has 0 bridgehead atoms. The average Bonchev–Trinajstić information content (AvgIpc) is 2.56. The van der Waals surface area contributed by atoms with Gasteiger partial charge in [-0.15, -0.1) is 0 Å². The summed E-state index contributed by atoms with van der Waals surface area (Å²) in [6.07, 6.45) is 0. The van der Waals surface area contributed by atoms with Crippen LogP contribution in [0.15, 0.2) is 18.2 Å². The summed E-state index contributed by atoms with van der Waals surface area (Å²) in [6.45, 7) is 3.74. The summed E-state index contributed by atoms with van der Waals surface area (Å²) >= 11 is 0. The van der Waals surface area contributed by atoms with Crippen molar-refractivity contribution >= 4 is 0 Å². The van der Waals surface area contributed by atoms with E-state index in [1.807, 2.05) is 33.0 Å². The highest BCUT2D eigenvalue weighted by atomic mass is 16.5. The SMILES string of the molecule is Cc1cc(CO)cc(Oc2cc(C)nn2C)n1. The van der Waals surface area contributed by atoms with E-state index >= 15 is 0 Å². The molecule has 1 N–H and O–H groups in total. The fourth-order valence-electron chi connectivity index (χ4n) is 1.64. The molecule has 0 aromatic carbocycles. The summed E-state index contributed by atoms with van der Waals surface area (Å²) in [5.41, 5.74) is 2.48. The van der Waals surface area contributed by atoms with Crippen molar-refractivity contribution in [1.29, 1.82) is 0 Å². The summed E-state index contributed by atoms with van der Waals surface area (Å²) in [5, 5.41) is 13.3. The second kappa shape index (κ2) is 4.55. The molecule has 0 radical (unpaired) electrons. The first kappa shape index (κ1) is 11.6. The standard InChI is InChI=1S/C12H15N3O2/c1-8-4-10(7-16)6-11(13-8)17-12-5-9(2)14-15(12)3/h4-6,16H,7H2,1-3H3. The Morgan fingerprint density at radius 1 is 1.24 bits per heavy atom. The Balaban J connectivity index is 2.29. The van der Waals surface area contributed by atoms with Gasteiger partial charge in [-0.25, -0.2) is 9.67 Å². The average molecular weight is 233 g/mol. The van der Waals surface area contributed by atoms with E-state index in [1.54, 1.807) is 10.7 Å². The lowest BCUT2D eigenvalue weighted by atomic mass is 10.2. The van der Waals surface area contributed by atoms with Gasteiger partial charge in [-0.05, 0) is 25.5 Å². The first-order chi connectivity index (χ1) is 8.08. The summed E-state index contributed by atoms with van der Waals surface area (Å²) in [6, 6.07) is 5.37. The summed E-state index contributed by atoms with van der Waals surface area (Å²) in [5.74, 6) is 1.10. The lowest BCUT2D eigenvalue weighted by Gasteiger charge is -2.06. The summed E-state index contributed by atoms with van der Waals surface area (Å²) in [7, 11) is 1.81. The van der Waals surface area contributed by atoms with Crippen LogP contribution in [0, 0.1) is 13.8 Å². The molecule has 2 rings (SSSR count). The number of aryl methyl sites for hydroxylation is 3. The van der Waals surface area contributed by atoms with Crippen molar-refractivity contribution in [2.24, 2.45) is 7.05 Å². The monoisotopic (exact) mass is 233 g/mol. The summed E-state index contributed by atoms with van der Waals surface area (Å²) in [4.78, 5) is 4.25. The van der Waals surface area contributed by atoms with E-state index in [0.29, 0.717) is 11.8 Å². The van der Waals surface area contributed by atoms with E-state index in [4.69, 9.17) is 9.84 Å². The number of hydrogen-bond acceptors (Lipinski definition) is 4. The Hall–Kier alpha value is -1.88. The maximum atomic E-state index is 9.11. The Labute approximate surface area is 99.7 Å². The van der Waals surface area contributed by atoms with E-state index in [2.05, 4.69) is 10.1 Å². The lowest BCUT2D eigenvalue weighted by molar-refractivity contribution is 0.280. The molecule has 0 saturated heterocycles. The molecule has 0 spiro atoms. The van der Waals surface area contributed by atoms with Gasteiger partial charge in [0.05, 0.1) is 12.3 Å². The number of aromatic nitrogens is 3. The number of pyridine rings is 1. The Morgan fingerprint density at radius 2 is 2.00 bits per heavy atom. The maximum Gasteiger partial charge on any atom is 0.221 e. The zero-order valence-corrected chi connectivity index (χ0v) is 10.1. The smallest absolute Gasteiger partial charge is 0.221 e. The van der Waals surface area contributed by atoms with Gasteiger partial charge in [0.15, 0.2) is 0 Å². The molecule has 0 aliphatic heterocycles. The van der Waals surface area contributed by atoms with Crippen molar-refractivity contribution in [3.8, 4) is 11.8 Å². The molecule has 0 amide bonds. The van der Waals surface area contributed by atoms with Gasteiger partial charge in [0.25, 0.3) is 0 Å². The third-order valence-electron chi connectivity index (χ3n) is 2.34. The van der Waals surface area contributed by atoms with Gasteiger partial charge in [-0.3, -0.25) is 0 Å². The molecule has 0 atom stereocenters. The molecule has 90 valence electrons. The van der Waals surface area contributed by atoms with Crippen molar-refractivity contribution in [3.63, 3.8) is 0 Å². The molecule has 0 aliphatic carbocycles. The molecule has 0 aliphatic rings. The van der Waals surface area contributed by atoms with Crippen molar-refractivity contribution in [3.05, 3.63) is 35.2 Å². The number of nitrogens with zero attached hydrogens (tertiary/aromatic N) is 3. The van der Waals surface area contributed by atoms with Crippen LogP contribution in [0.5, 0.6) is 11.8 Å². The number of rotatable bonds is 3. The predicted octanol–water partition coefficient (Wildman–Crippen LogP) is 1.72. The normalized spacial score (nSPS) is 10.6. The molecule has 2 aromatic heterocycles. The molecule has 0 unspecified atom stereocenters. The first-order valence-electron chi connectivity index (χ1n) is 5.35. The molecule has 0 saturated carbocycles. The van der Waals surface area contributed by atoms with Crippen LogP contribution in [0.2, 0.25) is 0 Å². The number of aliphatic hydroxyl groups excluding tert-OH is 1. The van der Waals surface area contributed by atoms with Crippen molar-refractivity contribution in [2.45, 2.75) is 20.5 Å². The van der Waals surface area contributed by atoms with Crippen LogP contribution >= 0.6 is 0 Å². The Kier molecular flexibility index (Phi) is 3.10. The van der Waals surface area contributed by atoms with Crippen LogP contribution in [0.1, 0.15) is 17.0 Å². The maximum absolute atomic E-state index is 9.11. The fourth-order valence-corrected chi connectivity index (χ4v) is 1.64. The van der Waals surface area contributed by atoms with E-state index in [-0.39, 0.29) is 6.61 Å². The molecule has 2 aromatic rings. The Morgan fingerprint density at radius 3 is 2.59 bits per heavy atom. The van der Waals surface area contributed by atoms with Gasteiger partial charge < -0.3 is 9.84 Å². The van der Waals surface area contributed by atoms with E-state index in [1.165, 1.54) is 0 Å². The third-order valence-corrected chi connectivity index (χ3v) is 2.34. The molecule has 5 nitrogen and oxygen atoms in total. The minimum absolute atomic E-state index is 0.0237. The van der Waals surface area contributed by atoms with Gasteiger partial charge in [0.1, 0.15) is 0 Å². The van der Waals surface area contributed by atoms with E-state index < -0.39 is 0 Å². The second-order valence-electron chi connectivity index (χ2n) is 3.96. The van der Waals surface area contributed by atoms with Gasteiger partial charge >= 0.3 is 0 Å². The summed E-state index contributed by atoms with van der Waals surface area (Å²) < 4.78 is 7.28. The van der Waals surface area contributed by atoms with Gasteiger partial charge in [0.2, 0.25) is 11.8 Å². The Bertz CT molecular complexity index is 535. The van der Waals surface area contributed by atoms with Crippen LogP contribution in [0.4, 0.5) is 0 Å². The predicted molar refractivity (Wildman–Crippen MR) is 62.9 cm³/mol. The third kappa shape index (κ3) is 2.62. The molecular formula is C12H15N3O2. The number of aliphatic hydroxyl groups is 1. The minimum Gasteiger partial charge on any atom is -0.421 e. The van der Waals surface area contributed by atoms with Gasteiger partial charge in [-0.1, -0.05) is 0 Å². The van der Waals surface area contributed by atoms with Gasteiger partial charge in [-0.2, -0.15) is 5.10 Å². The molecule has 2 heterocycles. The zero-order chi connectivity index (χ0) is 12.4. The number of ether oxygens (including phenoxy) is 1. The van der Waals surface area contributed by atoms with E-state index in [9.17, 15) is 0 Å². The zero-order valence-electron chi connectivity index (χ0n) is 10.1. The van der Waals surface area contributed by atoms with Crippen LogP contribution in [0.25, 0.3) is 0 Å². The topological polar surface area (TPSA) is 60.2 Å². The number of hydrogen-bond donors (Lipinski definition) is 1. The quantitative estimate of drug-likeness (QED) is 0.876. The fraction of sp³-hybridized carbons (Fsp3) is 0.333. The first-order valence-corrected chi connectivity index (χ1v) is 5.35. The van der Waals surface area contributed by atoms with Crippen molar-refractivity contribution in [1.82, 2.24) is 14.8 Å². The van der Waals surface area contributed by atoms with Crippen LogP contribution < -0.4 is 4.74 Å². The lowest BCUT2D eigenvalue weighted by Crippen LogP contribution is -1.98. The van der Waals surface area contributed by atoms with Crippen molar-refractivity contribution < 1.29 is 9.84 Å². The van der Waals surface area contributed by atoms with Crippen LogP contribution in [-0.2, 0) is 13.7 Å².